The maximum absolute atomic E-state index is 12.3. The van der Waals surface area contributed by atoms with E-state index in [0.29, 0.717) is 24.3 Å². The summed E-state index contributed by atoms with van der Waals surface area (Å²) in [4.78, 5) is 28.4. The average Bonchev–Trinajstić information content (AvgIpc) is 3.02. The zero-order chi connectivity index (χ0) is 19.8. The number of hydrogen-bond donors (Lipinski definition) is 1. The minimum atomic E-state index is -4.73. The quantitative estimate of drug-likeness (QED) is 0.721. The molecule has 0 unspecified atom stereocenters. The fourth-order valence-corrected chi connectivity index (χ4v) is 2.66. The Morgan fingerprint density at radius 1 is 1.11 bits per heavy atom. The third-order valence-electron chi connectivity index (χ3n) is 3.99. The summed E-state index contributed by atoms with van der Waals surface area (Å²) in [5.74, 6) is -0.307. The summed E-state index contributed by atoms with van der Waals surface area (Å²) in [6.45, 7) is 0.752. The number of aryl methyl sites for hydroxylation is 1. The molecule has 1 N–H and O–H groups in total. The first-order chi connectivity index (χ1) is 12.7. The molecule has 2 heterocycles. The van der Waals surface area contributed by atoms with E-state index < -0.39 is 17.6 Å². The minimum Gasteiger partial charge on any atom is -0.406 e. The van der Waals surface area contributed by atoms with Crippen molar-refractivity contribution in [2.45, 2.75) is 12.9 Å². The third-order valence-corrected chi connectivity index (χ3v) is 3.99. The Morgan fingerprint density at radius 3 is 2.41 bits per heavy atom. The molecule has 0 atom stereocenters. The van der Waals surface area contributed by atoms with E-state index in [-0.39, 0.29) is 11.4 Å². The molecule has 8 nitrogen and oxygen atoms in total. The number of anilines is 1. The van der Waals surface area contributed by atoms with Gasteiger partial charge in [-0.15, -0.1) is 13.2 Å². The minimum absolute atomic E-state index is 0.289. The molecule has 1 aromatic carbocycles. The second-order valence-electron chi connectivity index (χ2n) is 5.81. The van der Waals surface area contributed by atoms with Gasteiger partial charge in [-0.25, -0.2) is 9.78 Å². The van der Waals surface area contributed by atoms with Crippen LogP contribution in [-0.4, -0.2) is 31.6 Å². The molecule has 0 aliphatic heterocycles. The number of hydrogen-bond acceptors (Lipinski definition) is 5. The Bertz CT molecular complexity index is 1080. The van der Waals surface area contributed by atoms with Gasteiger partial charge in [-0.2, -0.15) is 0 Å². The molecule has 144 valence electrons. The van der Waals surface area contributed by atoms with Crippen LogP contribution in [0.4, 0.5) is 18.9 Å². The molecule has 0 amide bonds. The number of halogens is 3. The molecule has 3 aromatic rings. The Morgan fingerprint density at radius 2 is 1.78 bits per heavy atom. The largest absolute Gasteiger partial charge is 0.573 e. The van der Waals surface area contributed by atoms with Gasteiger partial charge in [-0.3, -0.25) is 13.9 Å². The van der Waals surface area contributed by atoms with Gasteiger partial charge >= 0.3 is 12.1 Å². The van der Waals surface area contributed by atoms with Gasteiger partial charge in [0.1, 0.15) is 5.75 Å². The van der Waals surface area contributed by atoms with Crippen molar-refractivity contribution in [2.75, 3.05) is 11.9 Å². The lowest BCUT2D eigenvalue weighted by Gasteiger charge is -2.11. The van der Waals surface area contributed by atoms with Gasteiger partial charge in [0.2, 0.25) is 0 Å². The van der Waals surface area contributed by atoms with Gasteiger partial charge in [-0.05, 0) is 24.3 Å². The summed E-state index contributed by atoms with van der Waals surface area (Å²) in [6, 6.07) is 5.31. The number of fused-ring (bicyclic) bond motifs is 1. The smallest absolute Gasteiger partial charge is 0.406 e. The highest BCUT2D eigenvalue weighted by molar-refractivity contribution is 5.69. The Labute approximate surface area is 150 Å². The Balaban J connectivity index is 1.71. The van der Waals surface area contributed by atoms with Gasteiger partial charge in [0.15, 0.2) is 11.2 Å². The number of imidazole rings is 1. The van der Waals surface area contributed by atoms with Crippen LogP contribution in [0.3, 0.4) is 0 Å². The van der Waals surface area contributed by atoms with Gasteiger partial charge in [0.05, 0.1) is 6.33 Å². The maximum atomic E-state index is 12.3. The standard InChI is InChI=1S/C16H16F3N5O3/c1-22-13-12(14(25)23(2)15(22)26)24(9-21-13)8-7-20-10-3-5-11(6-4-10)27-16(17,18)19/h3-6,9,20H,7-8H2,1-2H3. The molecule has 0 aliphatic carbocycles. The number of alkyl halides is 3. The second-order valence-corrected chi connectivity index (χ2v) is 5.81. The van der Waals surface area contributed by atoms with Crippen LogP contribution in [-0.2, 0) is 20.6 Å². The number of benzene rings is 1. The van der Waals surface area contributed by atoms with E-state index in [1.807, 2.05) is 0 Å². The lowest BCUT2D eigenvalue weighted by Crippen LogP contribution is -2.37. The predicted octanol–water partition coefficient (Wildman–Crippen LogP) is 1.44. The van der Waals surface area contributed by atoms with Crippen molar-refractivity contribution in [1.29, 1.82) is 0 Å². The van der Waals surface area contributed by atoms with E-state index in [9.17, 15) is 22.8 Å². The summed E-state index contributed by atoms with van der Waals surface area (Å²) in [6.07, 6.45) is -3.27. The van der Waals surface area contributed by atoms with Crippen molar-refractivity contribution in [2.24, 2.45) is 14.1 Å². The van der Waals surface area contributed by atoms with Crippen molar-refractivity contribution in [3.63, 3.8) is 0 Å². The maximum Gasteiger partial charge on any atom is 0.573 e. The third kappa shape index (κ3) is 3.81. The molecule has 0 saturated heterocycles. The van der Waals surface area contributed by atoms with Gasteiger partial charge in [-0.1, -0.05) is 0 Å². The Kier molecular flexibility index (Phi) is 4.68. The van der Waals surface area contributed by atoms with Crippen LogP contribution in [0.1, 0.15) is 0 Å². The highest BCUT2D eigenvalue weighted by Gasteiger charge is 2.30. The van der Waals surface area contributed by atoms with E-state index in [1.54, 1.807) is 4.57 Å². The number of nitrogens with one attached hydrogen (secondary N) is 1. The van der Waals surface area contributed by atoms with Crippen LogP contribution in [0.5, 0.6) is 5.75 Å². The van der Waals surface area contributed by atoms with E-state index in [0.717, 1.165) is 4.57 Å². The average molecular weight is 383 g/mol. The molecule has 0 bridgehead atoms. The number of aromatic nitrogens is 4. The summed E-state index contributed by atoms with van der Waals surface area (Å²) < 4.78 is 44.2. The first-order valence-electron chi connectivity index (χ1n) is 7.88. The summed E-state index contributed by atoms with van der Waals surface area (Å²) in [7, 11) is 2.93. The van der Waals surface area contributed by atoms with Crippen molar-refractivity contribution in [3.05, 3.63) is 51.4 Å². The normalized spacial score (nSPS) is 11.7. The van der Waals surface area contributed by atoms with Crippen molar-refractivity contribution in [1.82, 2.24) is 18.7 Å². The van der Waals surface area contributed by atoms with Crippen molar-refractivity contribution < 1.29 is 17.9 Å². The lowest BCUT2D eigenvalue weighted by molar-refractivity contribution is -0.274. The molecular weight excluding hydrogens is 367 g/mol. The molecular formula is C16H16F3N5O3. The first-order valence-corrected chi connectivity index (χ1v) is 7.88. The Hall–Kier alpha value is -3.24. The van der Waals surface area contributed by atoms with Crippen molar-refractivity contribution in [3.8, 4) is 5.75 Å². The molecule has 11 heteroatoms. The lowest BCUT2D eigenvalue weighted by atomic mass is 10.3. The summed E-state index contributed by atoms with van der Waals surface area (Å²) in [5, 5.41) is 3.03. The highest BCUT2D eigenvalue weighted by atomic mass is 19.4. The number of rotatable bonds is 5. The molecule has 0 aliphatic rings. The summed E-state index contributed by atoms with van der Waals surface area (Å²) >= 11 is 0. The van der Waals surface area contributed by atoms with E-state index in [4.69, 9.17) is 0 Å². The monoisotopic (exact) mass is 383 g/mol. The topological polar surface area (TPSA) is 83.1 Å². The fraction of sp³-hybridized carbons (Fsp3) is 0.312. The fourth-order valence-electron chi connectivity index (χ4n) is 2.66. The van der Waals surface area contributed by atoms with Crippen LogP contribution < -0.4 is 21.3 Å². The van der Waals surface area contributed by atoms with Gasteiger partial charge < -0.3 is 14.6 Å². The van der Waals surface area contributed by atoms with Gasteiger partial charge in [0.25, 0.3) is 5.56 Å². The zero-order valence-electron chi connectivity index (χ0n) is 14.4. The van der Waals surface area contributed by atoms with Crippen LogP contribution in [0.15, 0.2) is 40.2 Å². The number of nitrogens with zero attached hydrogens (tertiary/aromatic N) is 4. The van der Waals surface area contributed by atoms with Crippen LogP contribution in [0, 0.1) is 0 Å². The van der Waals surface area contributed by atoms with E-state index >= 15 is 0 Å². The highest BCUT2D eigenvalue weighted by Crippen LogP contribution is 2.23. The second kappa shape index (κ2) is 6.82. The van der Waals surface area contributed by atoms with E-state index in [1.165, 1.54) is 49.3 Å². The molecule has 27 heavy (non-hydrogen) atoms. The molecule has 0 fully saturated rings. The zero-order valence-corrected chi connectivity index (χ0v) is 14.4. The molecule has 3 rings (SSSR count). The summed E-state index contributed by atoms with van der Waals surface area (Å²) in [5.41, 5.74) is 0.276. The molecule has 2 aromatic heterocycles. The van der Waals surface area contributed by atoms with Crippen molar-refractivity contribution >= 4 is 16.9 Å². The molecule has 0 radical (unpaired) electrons. The van der Waals surface area contributed by atoms with E-state index in [2.05, 4.69) is 15.0 Å². The molecule has 0 saturated carbocycles. The SMILES string of the molecule is Cn1c(=O)c2c(ncn2CCNc2ccc(OC(F)(F)F)cc2)n(C)c1=O. The first kappa shape index (κ1) is 18.5. The van der Waals surface area contributed by atoms with Crippen LogP contribution >= 0.6 is 0 Å². The van der Waals surface area contributed by atoms with Crippen LogP contribution in [0.2, 0.25) is 0 Å². The number of ether oxygens (including phenoxy) is 1. The van der Waals surface area contributed by atoms with Gasteiger partial charge in [0, 0.05) is 32.9 Å². The predicted molar refractivity (Wildman–Crippen MR) is 91.8 cm³/mol. The van der Waals surface area contributed by atoms with Crippen LogP contribution in [0.25, 0.3) is 11.2 Å². The molecule has 0 spiro atoms.